The summed E-state index contributed by atoms with van der Waals surface area (Å²) in [6, 6.07) is 1.76. The second-order valence-electron chi connectivity index (χ2n) is 3.37. The maximum absolute atomic E-state index is 8.83. The third-order valence-corrected chi connectivity index (χ3v) is 2.99. The Hall–Kier alpha value is -1.17. The van der Waals surface area contributed by atoms with Gasteiger partial charge in [-0.2, -0.15) is 0 Å². The van der Waals surface area contributed by atoms with E-state index < -0.39 is 0 Å². The van der Waals surface area contributed by atoms with Crippen LogP contribution in [-0.2, 0) is 6.42 Å². The van der Waals surface area contributed by atoms with Crippen LogP contribution in [0.25, 0.3) is 11.3 Å². The molecule has 0 fully saturated rings. The van der Waals surface area contributed by atoms with E-state index >= 15 is 0 Å². The molecule has 0 spiro atoms. The molecule has 1 atom stereocenters. The van der Waals surface area contributed by atoms with Crippen molar-refractivity contribution in [2.45, 2.75) is 12.5 Å². The standard InChI is InChI=1S/C10H13N3OS/c11-8(5-14)3-10-13-9(6-15-10)7-1-2-12-4-7/h1-2,4,6,8,12,14H,3,5,11H2. The van der Waals surface area contributed by atoms with Crippen LogP contribution in [-0.4, -0.2) is 27.7 Å². The third-order valence-electron chi connectivity index (χ3n) is 2.12. The molecule has 0 aromatic carbocycles. The topological polar surface area (TPSA) is 74.9 Å². The molecule has 5 heteroatoms. The summed E-state index contributed by atoms with van der Waals surface area (Å²) in [7, 11) is 0. The molecule has 80 valence electrons. The van der Waals surface area contributed by atoms with E-state index in [9.17, 15) is 0 Å². The van der Waals surface area contributed by atoms with Crippen LogP contribution in [0.4, 0.5) is 0 Å². The fraction of sp³-hybridized carbons (Fsp3) is 0.300. The van der Waals surface area contributed by atoms with Crippen LogP contribution in [0.2, 0.25) is 0 Å². The number of aromatic amines is 1. The Bertz CT molecular complexity index is 410. The predicted molar refractivity (Wildman–Crippen MR) is 60.7 cm³/mol. The van der Waals surface area contributed by atoms with Crippen molar-refractivity contribution in [3.63, 3.8) is 0 Å². The van der Waals surface area contributed by atoms with Gasteiger partial charge in [-0.3, -0.25) is 0 Å². The molecule has 2 aromatic heterocycles. The largest absolute Gasteiger partial charge is 0.395 e. The molecule has 0 radical (unpaired) electrons. The molecule has 0 saturated carbocycles. The lowest BCUT2D eigenvalue weighted by molar-refractivity contribution is 0.265. The van der Waals surface area contributed by atoms with Gasteiger partial charge in [-0.1, -0.05) is 0 Å². The number of nitrogens with two attached hydrogens (primary N) is 1. The summed E-state index contributed by atoms with van der Waals surface area (Å²) in [6.45, 7) is -0.000925. The first-order chi connectivity index (χ1) is 7.29. The van der Waals surface area contributed by atoms with E-state index in [1.165, 1.54) is 0 Å². The van der Waals surface area contributed by atoms with Gasteiger partial charge >= 0.3 is 0 Å². The minimum absolute atomic E-state index is 0.000925. The summed E-state index contributed by atoms with van der Waals surface area (Å²) in [6.07, 6.45) is 4.41. The van der Waals surface area contributed by atoms with E-state index in [2.05, 4.69) is 9.97 Å². The van der Waals surface area contributed by atoms with Gasteiger partial charge in [0.1, 0.15) is 0 Å². The van der Waals surface area contributed by atoms with Gasteiger partial charge < -0.3 is 15.8 Å². The van der Waals surface area contributed by atoms with Crippen molar-refractivity contribution in [1.82, 2.24) is 9.97 Å². The predicted octanol–water partition coefficient (Wildman–Crippen LogP) is 1.00. The van der Waals surface area contributed by atoms with Gasteiger partial charge in [0.2, 0.25) is 0 Å². The number of hydrogen-bond donors (Lipinski definition) is 3. The van der Waals surface area contributed by atoms with Crippen molar-refractivity contribution < 1.29 is 5.11 Å². The van der Waals surface area contributed by atoms with E-state index in [0.29, 0.717) is 6.42 Å². The highest BCUT2D eigenvalue weighted by atomic mass is 32.1. The molecule has 0 aliphatic heterocycles. The highest BCUT2D eigenvalue weighted by molar-refractivity contribution is 7.09. The fourth-order valence-electron chi connectivity index (χ4n) is 1.31. The SMILES string of the molecule is NC(CO)Cc1nc(-c2cc[nH]c2)cs1. The third kappa shape index (κ3) is 2.44. The summed E-state index contributed by atoms with van der Waals surface area (Å²) in [5, 5.41) is 11.8. The molecule has 2 heterocycles. The number of H-pyrrole nitrogens is 1. The monoisotopic (exact) mass is 223 g/mol. The first-order valence-corrected chi connectivity index (χ1v) is 5.61. The van der Waals surface area contributed by atoms with Crippen molar-refractivity contribution in [3.05, 3.63) is 28.8 Å². The van der Waals surface area contributed by atoms with Gasteiger partial charge in [0.25, 0.3) is 0 Å². The highest BCUT2D eigenvalue weighted by Gasteiger charge is 2.08. The number of aliphatic hydroxyl groups excluding tert-OH is 1. The van der Waals surface area contributed by atoms with Crippen molar-refractivity contribution in [1.29, 1.82) is 0 Å². The van der Waals surface area contributed by atoms with Gasteiger partial charge in [-0.25, -0.2) is 4.98 Å². The average Bonchev–Trinajstić information content (AvgIpc) is 2.85. The van der Waals surface area contributed by atoms with Crippen LogP contribution >= 0.6 is 11.3 Å². The number of hydrogen-bond acceptors (Lipinski definition) is 4. The van der Waals surface area contributed by atoms with Crippen LogP contribution in [0, 0.1) is 0 Å². The minimum Gasteiger partial charge on any atom is -0.395 e. The Balaban J connectivity index is 2.11. The average molecular weight is 223 g/mol. The quantitative estimate of drug-likeness (QED) is 0.724. The first kappa shape index (κ1) is 10.4. The van der Waals surface area contributed by atoms with E-state index in [1.54, 1.807) is 11.3 Å². The van der Waals surface area contributed by atoms with Gasteiger partial charge in [-0.05, 0) is 6.07 Å². The molecule has 15 heavy (non-hydrogen) atoms. The summed E-state index contributed by atoms with van der Waals surface area (Å²) >= 11 is 1.58. The maximum Gasteiger partial charge on any atom is 0.0948 e. The molecule has 2 aromatic rings. The molecule has 1 unspecified atom stereocenters. The van der Waals surface area contributed by atoms with Crippen LogP contribution in [0.1, 0.15) is 5.01 Å². The molecule has 0 saturated heterocycles. The molecule has 0 aliphatic carbocycles. The number of nitrogens with one attached hydrogen (secondary N) is 1. The Morgan fingerprint density at radius 1 is 1.60 bits per heavy atom. The van der Waals surface area contributed by atoms with Gasteiger partial charge in [0.05, 0.1) is 17.3 Å². The van der Waals surface area contributed by atoms with Crippen molar-refractivity contribution >= 4 is 11.3 Å². The molecular formula is C10H13N3OS. The first-order valence-electron chi connectivity index (χ1n) is 4.73. The zero-order chi connectivity index (χ0) is 10.7. The second-order valence-corrected chi connectivity index (χ2v) is 4.32. The Labute approximate surface area is 91.8 Å². The fourth-order valence-corrected chi connectivity index (χ4v) is 2.21. The van der Waals surface area contributed by atoms with E-state index in [4.69, 9.17) is 10.8 Å². The molecule has 0 aliphatic rings. The van der Waals surface area contributed by atoms with Gasteiger partial charge in [-0.15, -0.1) is 11.3 Å². The van der Waals surface area contributed by atoms with E-state index in [0.717, 1.165) is 16.3 Å². The Kier molecular flexibility index (Phi) is 3.15. The zero-order valence-electron chi connectivity index (χ0n) is 8.18. The van der Waals surface area contributed by atoms with Crippen LogP contribution in [0.5, 0.6) is 0 Å². The van der Waals surface area contributed by atoms with Crippen molar-refractivity contribution in [2.75, 3.05) is 6.61 Å². The molecule has 2 rings (SSSR count). The second kappa shape index (κ2) is 4.57. The minimum atomic E-state index is -0.213. The Morgan fingerprint density at radius 2 is 2.47 bits per heavy atom. The van der Waals surface area contributed by atoms with E-state index in [1.807, 2.05) is 23.8 Å². The molecule has 4 nitrogen and oxygen atoms in total. The molecular weight excluding hydrogens is 210 g/mol. The number of aromatic nitrogens is 2. The normalized spacial score (nSPS) is 12.9. The highest BCUT2D eigenvalue weighted by Crippen LogP contribution is 2.21. The number of nitrogens with zero attached hydrogens (tertiary/aromatic N) is 1. The summed E-state index contributed by atoms with van der Waals surface area (Å²) in [5.41, 5.74) is 7.68. The summed E-state index contributed by atoms with van der Waals surface area (Å²) in [5.74, 6) is 0. The van der Waals surface area contributed by atoms with Crippen molar-refractivity contribution in [3.8, 4) is 11.3 Å². The molecule has 0 amide bonds. The molecule has 0 bridgehead atoms. The lowest BCUT2D eigenvalue weighted by atomic mass is 10.2. The Morgan fingerprint density at radius 3 is 3.13 bits per heavy atom. The van der Waals surface area contributed by atoms with Crippen LogP contribution in [0.3, 0.4) is 0 Å². The zero-order valence-corrected chi connectivity index (χ0v) is 9.00. The van der Waals surface area contributed by atoms with Crippen LogP contribution in [0.15, 0.2) is 23.8 Å². The van der Waals surface area contributed by atoms with Crippen LogP contribution < -0.4 is 5.73 Å². The summed E-state index contributed by atoms with van der Waals surface area (Å²) < 4.78 is 0. The van der Waals surface area contributed by atoms with Crippen molar-refractivity contribution in [2.24, 2.45) is 5.73 Å². The smallest absolute Gasteiger partial charge is 0.0948 e. The van der Waals surface area contributed by atoms with Gasteiger partial charge in [0, 0.05) is 35.8 Å². The lowest BCUT2D eigenvalue weighted by Crippen LogP contribution is -2.26. The molecule has 4 N–H and O–H groups in total. The van der Waals surface area contributed by atoms with E-state index in [-0.39, 0.29) is 12.6 Å². The maximum atomic E-state index is 8.83. The summed E-state index contributed by atoms with van der Waals surface area (Å²) in [4.78, 5) is 7.44. The number of rotatable bonds is 4. The number of thiazole rings is 1. The van der Waals surface area contributed by atoms with Gasteiger partial charge in [0.15, 0.2) is 0 Å². The lowest BCUT2D eigenvalue weighted by Gasteiger charge is -2.03. The number of aliphatic hydroxyl groups is 1.